The third-order valence-corrected chi connectivity index (χ3v) is 7.49. The standard InChI is InChI=1S/C29H58NO8P/c1-3-5-6-7-8-9-10-11-12-13-14-15-16-17-18-19-20-22-28(32)30-23-24-37-39(34,35)38-26-27(31)25-36-29(33)21-4-2/h27,31H,3-26H2,1-2H3,(H,30,32)(H,34,35). The van der Waals surface area contributed by atoms with Crippen molar-refractivity contribution in [3.63, 3.8) is 0 Å². The summed E-state index contributed by atoms with van der Waals surface area (Å²) in [5, 5.41) is 12.3. The summed E-state index contributed by atoms with van der Waals surface area (Å²) in [5.74, 6) is -0.567. The first-order valence-corrected chi connectivity index (χ1v) is 17.0. The Bertz CT molecular complexity index is 634. The lowest BCUT2D eigenvalue weighted by Crippen LogP contribution is -2.27. The van der Waals surface area contributed by atoms with E-state index in [0.717, 1.165) is 19.3 Å². The number of rotatable bonds is 29. The van der Waals surface area contributed by atoms with Crippen molar-refractivity contribution < 1.29 is 37.9 Å². The molecule has 232 valence electrons. The third kappa shape index (κ3) is 28.3. The Hall–Kier alpha value is -0.990. The first kappa shape index (κ1) is 38.0. The van der Waals surface area contributed by atoms with E-state index in [1.807, 2.05) is 6.92 Å². The topological polar surface area (TPSA) is 131 Å². The second kappa shape index (κ2) is 27.2. The number of ether oxygens (including phenoxy) is 1. The van der Waals surface area contributed by atoms with Gasteiger partial charge in [0, 0.05) is 19.4 Å². The summed E-state index contributed by atoms with van der Waals surface area (Å²) in [7, 11) is -4.37. The van der Waals surface area contributed by atoms with Crippen LogP contribution in [0.3, 0.4) is 0 Å². The van der Waals surface area contributed by atoms with Gasteiger partial charge in [0.2, 0.25) is 5.91 Å². The maximum atomic E-state index is 11.9. The molecule has 1 amide bonds. The molecule has 0 aliphatic heterocycles. The van der Waals surface area contributed by atoms with Crippen LogP contribution in [0.5, 0.6) is 0 Å². The fourth-order valence-electron chi connectivity index (χ4n) is 4.18. The number of hydrogen-bond donors (Lipinski definition) is 3. The minimum absolute atomic E-state index is 0.0862. The van der Waals surface area contributed by atoms with Crippen LogP contribution >= 0.6 is 7.82 Å². The lowest BCUT2D eigenvalue weighted by atomic mass is 10.0. The highest BCUT2D eigenvalue weighted by Crippen LogP contribution is 2.42. The van der Waals surface area contributed by atoms with Gasteiger partial charge < -0.3 is 20.1 Å². The van der Waals surface area contributed by atoms with Crippen LogP contribution in [0.2, 0.25) is 0 Å². The highest BCUT2D eigenvalue weighted by molar-refractivity contribution is 7.47. The Balaban J connectivity index is 3.48. The Morgan fingerprint density at radius 1 is 0.692 bits per heavy atom. The molecule has 2 atom stereocenters. The molecule has 39 heavy (non-hydrogen) atoms. The number of amides is 1. The summed E-state index contributed by atoms with van der Waals surface area (Å²) in [4.78, 5) is 32.8. The number of hydrogen-bond acceptors (Lipinski definition) is 7. The molecule has 0 aromatic rings. The van der Waals surface area contributed by atoms with Gasteiger partial charge in [-0.1, -0.05) is 117 Å². The molecule has 0 radical (unpaired) electrons. The molecular weight excluding hydrogens is 521 g/mol. The zero-order valence-corrected chi connectivity index (χ0v) is 25.7. The Morgan fingerprint density at radius 3 is 1.67 bits per heavy atom. The van der Waals surface area contributed by atoms with Crippen LogP contribution < -0.4 is 5.32 Å². The molecule has 0 rings (SSSR count). The highest BCUT2D eigenvalue weighted by atomic mass is 31.2. The molecular formula is C29H58NO8P. The van der Waals surface area contributed by atoms with Crippen LogP contribution in [0.4, 0.5) is 0 Å². The maximum Gasteiger partial charge on any atom is 0.472 e. The van der Waals surface area contributed by atoms with Crippen molar-refractivity contribution in [3.8, 4) is 0 Å². The van der Waals surface area contributed by atoms with E-state index >= 15 is 0 Å². The minimum Gasteiger partial charge on any atom is -0.463 e. The van der Waals surface area contributed by atoms with E-state index in [9.17, 15) is 24.2 Å². The van der Waals surface area contributed by atoms with Crippen molar-refractivity contribution in [1.29, 1.82) is 0 Å². The second-order valence-corrected chi connectivity index (χ2v) is 11.9. The number of carbonyl (C=O) groups is 2. The van der Waals surface area contributed by atoms with E-state index in [1.165, 1.54) is 89.9 Å². The molecule has 0 saturated carbocycles. The monoisotopic (exact) mass is 579 g/mol. The molecule has 0 saturated heterocycles. The van der Waals surface area contributed by atoms with E-state index in [1.54, 1.807) is 0 Å². The van der Waals surface area contributed by atoms with Gasteiger partial charge in [0.15, 0.2) is 0 Å². The molecule has 3 N–H and O–H groups in total. The summed E-state index contributed by atoms with van der Waals surface area (Å²) < 4.78 is 26.1. The smallest absolute Gasteiger partial charge is 0.463 e. The molecule has 0 aliphatic rings. The molecule has 9 nitrogen and oxygen atoms in total. The first-order chi connectivity index (χ1) is 18.8. The molecule has 0 bridgehead atoms. The highest BCUT2D eigenvalue weighted by Gasteiger charge is 2.23. The fraction of sp³-hybridized carbons (Fsp3) is 0.931. The second-order valence-electron chi connectivity index (χ2n) is 10.4. The average molecular weight is 580 g/mol. The largest absolute Gasteiger partial charge is 0.472 e. The lowest BCUT2D eigenvalue weighted by Gasteiger charge is -2.15. The number of nitrogens with one attached hydrogen (secondary N) is 1. The lowest BCUT2D eigenvalue weighted by molar-refractivity contribution is -0.147. The van der Waals surface area contributed by atoms with Crippen LogP contribution in [0.1, 0.15) is 142 Å². The van der Waals surface area contributed by atoms with E-state index in [-0.39, 0.29) is 32.1 Å². The molecule has 0 fully saturated rings. The van der Waals surface area contributed by atoms with Crippen molar-refractivity contribution >= 4 is 19.7 Å². The van der Waals surface area contributed by atoms with Gasteiger partial charge in [-0.25, -0.2) is 4.57 Å². The van der Waals surface area contributed by atoms with Crippen LogP contribution in [-0.4, -0.2) is 54.3 Å². The van der Waals surface area contributed by atoms with Gasteiger partial charge in [-0.2, -0.15) is 0 Å². The van der Waals surface area contributed by atoms with Gasteiger partial charge in [0.1, 0.15) is 12.7 Å². The summed E-state index contributed by atoms with van der Waals surface area (Å²) >= 11 is 0. The molecule has 0 aliphatic carbocycles. The maximum absolute atomic E-state index is 11.9. The Labute approximate surface area is 237 Å². The zero-order valence-electron chi connectivity index (χ0n) is 24.8. The third-order valence-electron chi connectivity index (χ3n) is 6.51. The van der Waals surface area contributed by atoms with Crippen molar-refractivity contribution in [3.05, 3.63) is 0 Å². The van der Waals surface area contributed by atoms with Gasteiger partial charge in [-0.15, -0.1) is 0 Å². The summed E-state index contributed by atoms with van der Waals surface area (Å²) in [6.45, 7) is 3.14. The van der Waals surface area contributed by atoms with E-state index < -0.39 is 26.5 Å². The van der Waals surface area contributed by atoms with Gasteiger partial charge in [0.25, 0.3) is 0 Å². The molecule has 0 aromatic carbocycles. The normalized spacial score (nSPS) is 13.6. The average Bonchev–Trinajstić information content (AvgIpc) is 2.90. The van der Waals surface area contributed by atoms with Crippen molar-refractivity contribution in [2.75, 3.05) is 26.4 Å². The summed E-state index contributed by atoms with van der Waals surface area (Å²) in [6, 6.07) is 0. The Kier molecular flexibility index (Phi) is 26.5. The SMILES string of the molecule is CCCCCCCCCCCCCCCCCCCC(=O)NCCOP(=O)(O)OCC(O)COC(=O)CCC. The van der Waals surface area contributed by atoms with E-state index in [0.29, 0.717) is 12.8 Å². The van der Waals surface area contributed by atoms with Crippen LogP contribution in [0.25, 0.3) is 0 Å². The number of unbranched alkanes of at least 4 members (excludes halogenated alkanes) is 16. The predicted molar refractivity (Wildman–Crippen MR) is 155 cm³/mol. The first-order valence-electron chi connectivity index (χ1n) is 15.5. The van der Waals surface area contributed by atoms with Gasteiger partial charge in [-0.05, 0) is 12.8 Å². The van der Waals surface area contributed by atoms with Gasteiger partial charge >= 0.3 is 13.8 Å². The minimum atomic E-state index is -4.37. The number of carbonyl (C=O) groups excluding carboxylic acids is 2. The number of phosphoric acid groups is 1. The number of aliphatic hydroxyl groups excluding tert-OH is 1. The van der Waals surface area contributed by atoms with Crippen molar-refractivity contribution in [2.45, 2.75) is 148 Å². The van der Waals surface area contributed by atoms with E-state index in [2.05, 4.69) is 12.2 Å². The van der Waals surface area contributed by atoms with Crippen LogP contribution in [0, 0.1) is 0 Å². The molecule has 2 unspecified atom stereocenters. The van der Waals surface area contributed by atoms with Crippen molar-refractivity contribution in [2.24, 2.45) is 0 Å². The van der Waals surface area contributed by atoms with Gasteiger partial charge in [-0.3, -0.25) is 18.6 Å². The quantitative estimate of drug-likeness (QED) is 0.0491. The van der Waals surface area contributed by atoms with Crippen LogP contribution in [0.15, 0.2) is 0 Å². The van der Waals surface area contributed by atoms with E-state index in [4.69, 9.17) is 13.8 Å². The summed E-state index contributed by atoms with van der Waals surface area (Å²) in [5.41, 5.74) is 0. The molecule has 0 spiro atoms. The van der Waals surface area contributed by atoms with Crippen LogP contribution in [-0.2, 0) is 27.9 Å². The Morgan fingerprint density at radius 2 is 1.18 bits per heavy atom. The fourth-order valence-corrected chi connectivity index (χ4v) is 4.94. The zero-order chi connectivity index (χ0) is 29.0. The molecule has 0 aromatic heterocycles. The summed E-state index contributed by atoms with van der Waals surface area (Å²) in [6.07, 6.45) is 22.0. The number of phosphoric ester groups is 1. The van der Waals surface area contributed by atoms with Gasteiger partial charge in [0.05, 0.1) is 13.2 Å². The number of aliphatic hydroxyl groups is 1. The molecule has 10 heteroatoms. The molecule has 0 heterocycles. The van der Waals surface area contributed by atoms with Crippen molar-refractivity contribution in [1.82, 2.24) is 5.32 Å². The predicted octanol–water partition coefficient (Wildman–Crippen LogP) is 6.98. The number of esters is 1.